The molecule has 0 aromatic rings. The smallest absolute Gasteiger partial charge is 0.219 e. The Morgan fingerprint density at radius 3 is 2.42 bits per heavy atom. The van der Waals surface area contributed by atoms with E-state index in [4.69, 9.17) is 23.6 Å². The van der Waals surface area contributed by atoms with Crippen LogP contribution < -0.4 is 17.2 Å². The highest BCUT2D eigenvalue weighted by atomic mass is 15.1. The van der Waals surface area contributed by atoms with E-state index in [-0.39, 0.29) is 18.0 Å². The van der Waals surface area contributed by atoms with Crippen LogP contribution in [0.2, 0.25) is 0 Å². The molecule has 5 heteroatoms. The highest BCUT2D eigenvalue weighted by Crippen LogP contribution is 1.94. The Hall–Kier alpha value is -1.70. The maximum Gasteiger partial charge on any atom is 0.219 e. The topological polar surface area (TPSA) is 103 Å². The molecule has 0 fully saturated rings. The number of terminal acetylenes is 1. The Bertz CT molecular complexity index is 231. The van der Waals surface area contributed by atoms with Crippen LogP contribution in [0.15, 0.2) is 9.98 Å². The van der Waals surface area contributed by atoms with Crippen molar-refractivity contribution in [3.63, 3.8) is 0 Å². The quantitative estimate of drug-likeness (QED) is 0.279. The largest absolute Gasteiger partial charge is 0.370 e. The minimum Gasteiger partial charge on any atom is -0.370 e. The fraction of sp³-hybridized carbons (Fsp3) is 0.429. The maximum atomic E-state index is 5.33. The van der Waals surface area contributed by atoms with Crippen molar-refractivity contribution in [3.8, 4) is 12.3 Å². The molecule has 0 bridgehead atoms. The van der Waals surface area contributed by atoms with Crippen molar-refractivity contribution < 1.29 is 0 Å². The molecule has 0 rings (SSSR count). The van der Waals surface area contributed by atoms with Crippen LogP contribution in [-0.2, 0) is 0 Å². The van der Waals surface area contributed by atoms with Crippen LogP contribution in [0.5, 0.6) is 0 Å². The molecular formula is C7H13N5. The third kappa shape index (κ3) is 4.17. The molecule has 0 aromatic carbocycles. The molecule has 12 heavy (non-hydrogen) atoms. The van der Waals surface area contributed by atoms with Crippen LogP contribution >= 0.6 is 0 Å². The minimum absolute atomic E-state index is 0.0137. The van der Waals surface area contributed by atoms with Gasteiger partial charge in [0, 0.05) is 0 Å². The minimum atomic E-state index is -0.256. The lowest BCUT2D eigenvalue weighted by Crippen LogP contribution is -2.27. The average molecular weight is 167 g/mol. The van der Waals surface area contributed by atoms with Gasteiger partial charge in [-0.3, -0.25) is 0 Å². The van der Waals surface area contributed by atoms with Gasteiger partial charge in [-0.1, -0.05) is 12.8 Å². The first-order valence-electron chi connectivity index (χ1n) is 3.49. The van der Waals surface area contributed by atoms with Gasteiger partial charge in [0.2, 0.25) is 5.96 Å². The fourth-order valence-electron chi connectivity index (χ4n) is 0.567. The van der Waals surface area contributed by atoms with Gasteiger partial charge in [-0.05, 0) is 6.42 Å². The van der Waals surface area contributed by atoms with Crippen molar-refractivity contribution in [2.24, 2.45) is 27.2 Å². The summed E-state index contributed by atoms with van der Waals surface area (Å²) in [5, 5.41) is 0. The van der Waals surface area contributed by atoms with Crippen LogP contribution in [-0.4, -0.2) is 18.0 Å². The summed E-state index contributed by atoms with van der Waals surface area (Å²) >= 11 is 0. The lowest BCUT2D eigenvalue weighted by molar-refractivity contribution is 0.805. The van der Waals surface area contributed by atoms with Gasteiger partial charge in [-0.15, -0.1) is 6.42 Å². The Kier molecular flexibility index (Phi) is 4.31. The molecule has 0 aliphatic rings. The molecule has 5 nitrogen and oxygen atoms in total. The number of nitrogens with zero attached hydrogens (tertiary/aromatic N) is 2. The second-order valence-corrected chi connectivity index (χ2v) is 2.11. The zero-order chi connectivity index (χ0) is 9.56. The molecule has 1 atom stereocenters. The van der Waals surface area contributed by atoms with E-state index >= 15 is 0 Å². The van der Waals surface area contributed by atoms with Crippen LogP contribution in [0, 0.1) is 12.3 Å². The summed E-state index contributed by atoms with van der Waals surface area (Å²) in [6.45, 7) is 1.90. The van der Waals surface area contributed by atoms with Gasteiger partial charge >= 0.3 is 0 Å². The Morgan fingerprint density at radius 1 is 1.50 bits per heavy atom. The van der Waals surface area contributed by atoms with Crippen LogP contribution in [0.3, 0.4) is 0 Å². The zero-order valence-electron chi connectivity index (χ0n) is 6.99. The summed E-state index contributed by atoms with van der Waals surface area (Å²) in [4.78, 5) is 7.38. The number of hydrogen-bond acceptors (Lipinski definition) is 1. The average Bonchev–Trinajstić information content (AvgIpc) is 1.98. The molecule has 0 amide bonds. The summed E-state index contributed by atoms with van der Waals surface area (Å²) in [5.41, 5.74) is 15.5. The second kappa shape index (κ2) is 5.02. The molecule has 1 unspecified atom stereocenters. The molecule has 0 aliphatic heterocycles. The first kappa shape index (κ1) is 10.3. The van der Waals surface area contributed by atoms with Gasteiger partial charge in [0.25, 0.3) is 0 Å². The van der Waals surface area contributed by atoms with Crippen molar-refractivity contribution in [1.82, 2.24) is 0 Å². The van der Waals surface area contributed by atoms with Gasteiger partial charge in [-0.25, -0.2) is 4.99 Å². The molecular weight excluding hydrogens is 154 g/mol. The van der Waals surface area contributed by atoms with Crippen molar-refractivity contribution in [3.05, 3.63) is 0 Å². The molecule has 0 heterocycles. The highest BCUT2D eigenvalue weighted by molar-refractivity contribution is 5.92. The number of guanidine groups is 2. The molecule has 0 saturated carbocycles. The normalized spacial score (nSPS) is 13.2. The number of rotatable bonds is 2. The molecule has 6 N–H and O–H groups in total. The number of hydrogen-bond donors (Lipinski definition) is 3. The Morgan fingerprint density at radius 2 is 2.08 bits per heavy atom. The Balaban J connectivity index is 4.36. The van der Waals surface area contributed by atoms with E-state index in [0.717, 1.165) is 0 Å². The SMILES string of the molecule is C#CC(CC)N=C(N)N=C(N)N. The standard InChI is InChI=1S/C7H13N5/c1-3-5(4-2)11-7(10)12-6(8)9/h1,5H,4H2,2H3,(H6,8,9,10,11,12). The summed E-state index contributed by atoms with van der Waals surface area (Å²) in [6, 6.07) is -0.256. The van der Waals surface area contributed by atoms with E-state index in [1.807, 2.05) is 6.92 Å². The first-order chi connectivity index (χ1) is 5.60. The van der Waals surface area contributed by atoms with E-state index in [2.05, 4.69) is 15.9 Å². The molecule has 0 spiro atoms. The van der Waals surface area contributed by atoms with Crippen LogP contribution in [0.25, 0.3) is 0 Å². The lowest BCUT2D eigenvalue weighted by Gasteiger charge is -2.00. The number of aliphatic imine (C=N–C) groups is 2. The third-order valence-corrected chi connectivity index (χ3v) is 1.11. The predicted molar refractivity (Wildman–Crippen MR) is 50.3 cm³/mol. The van der Waals surface area contributed by atoms with Crippen LogP contribution in [0.1, 0.15) is 13.3 Å². The zero-order valence-corrected chi connectivity index (χ0v) is 6.99. The monoisotopic (exact) mass is 167 g/mol. The van der Waals surface area contributed by atoms with E-state index in [1.54, 1.807) is 0 Å². The van der Waals surface area contributed by atoms with E-state index in [0.29, 0.717) is 6.42 Å². The van der Waals surface area contributed by atoms with E-state index in [1.165, 1.54) is 0 Å². The van der Waals surface area contributed by atoms with Crippen molar-refractivity contribution >= 4 is 11.9 Å². The molecule has 0 saturated heterocycles. The molecule has 0 radical (unpaired) electrons. The second-order valence-electron chi connectivity index (χ2n) is 2.11. The predicted octanol–water partition coefficient (Wildman–Crippen LogP) is -1.01. The van der Waals surface area contributed by atoms with Gasteiger partial charge in [0.05, 0.1) is 0 Å². The molecule has 0 aromatic heterocycles. The molecule has 66 valence electrons. The fourth-order valence-corrected chi connectivity index (χ4v) is 0.567. The summed E-state index contributed by atoms with van der Waals surface area (Å²) < 4.78 is 0. The summed E-state index contributed by atoms with van der Waals surface area (Å²) in [7, 11) is 0. The highest BCUT2D eigenvalue weighted by Gasteiger charge is 1.98. The first-order valence-corrected chi connectivity index (χ1v) is 3.49. The molecule has 0 aliphatic carbocycles. The third-order valence-electron chi connectivity index (χ3n) is 1.11. The number of nitrogens with two attached hydrogens (primary N) is 3. The van der Waals surface area contributed by atoms with Gasteiger partial charge in [-0.2, -0.15) is 4.99 Å². The Labute approximate surface area is 71.7 Å². The van der Waals surface area contributed by atoms with E-state index in [9.17, 15) is 0 Å². The van der Waals surface area contributed by atoms with Gasteiger partial charge < -0.3 is 17.2 Å². The van der Waals surface area contributed by atoms with Crippen molar-refractivity contribution in [2.75, 3.05) is 0 Å². The maximum absolute atomic E-state index is 5.33. The summed E-state index contributed by atoms with van der Waals surface area (Å²) in [6.07, 6.45) is 5.84. The van der Waals surface area contributed by atoms with Gasteiger partial charge in [0.1, 0.15) is 6.04 Å². The van der Waals surface area contributed by atoms with Crippen LogP contribution in [0.4, 0.5) is 0 Å². The van der Waals surface area contributed by atoms with E-state index < -0.39 is 0 Å². The van der Waals surface area contributed by atoms with Crippen molar-refractivity contribution in [2.45, 2.75) is 19.4 Å². The van der Waals surface area contributed by atoms with Crippen molar-refractivity contribution in [1.29, 1.82) is 0 Å². The van der Waals surface area contributed by atoms with Gasteiger partial charge in [0.15, 0.2) is 5.96 Å². The summed E-state index contributed by atoms with van der Waals surface area (Å²) in [5.74, 6) is 2.33. The lowest BCUT2D eigenvalue weighted by atomic mass is 10.2.